The van der Waals surface area contributed by atoms with Gasteiger partial charge in [-0.1, -0.05) is 24.3 Å². The first-order valence-electron chi connectivity index (χ1n) is 9.42. The summed E-state index contributed by atoms with van der Waals surface area (Å²) in [5.41, 5.74) is 3.30. The first-order chi connectivity index (χ1) is 14.4. The van der Waals surface area contributed by atoms with Gasteiger partial charge in [-0.05, 0) is 53.9 Å². The third-order valence-electron chi connectivity index (χ3n) is 4.81. The fourth-order valence-corrected chi connectivity index (χ4v) is 4.23. The average Bonchev–Trinajstić information content (AvgIpc) is 2.74. The summed E-state index contributed by atoms with van der Waals surface area (Å²) in [6, 6.07) is 18.2. The van der Waals surface area contributed by atoms with E-state index in [4.69, 9.17) is 4.74 Å². The number of hydrogen-bond acceptors (Lipinski definition) is 5. The zero-order chi connectivity index (χ0) is 21.1. The van der Waals surface area contributed by atoms with Gasteiger partial charge in [0.05, 0.1) is 18.5 Å². The number of carbonyl (C=O) groups is 1. The van der Waals surface area contributed by atoms with Crippen LogP contribution in [0.1, 0.15) is 11.1 Å². The minimum absolute atomic E-state index is 0.0815. The highest BCUT2D eigenvalue weighted by Crippen LogP contribution is 2.34. The number of pyridine rings is 1. The topological polar surface area (TPSA) is 88.6 Å². The van der Waals surface area contributed by atoms with Gasteiger partial charge in [-0.2, -0.15) is 0 Å². The third kappa shape index (κ3) is 4.44. The summed E-state index contributed by atoms with van der Waals surface area (Å²) in [5, 5.41) is 2.81. The van der Waals surface area contributed by atoms with Gasteiger partial charge in [-0.15, -0.1) is 0 Å². The molecule has 2 heterocycles. The second kappa shape index (κ2) is 8.16. The van der Waals surface area contributed by atoms with Crippen LogP contribution in [0, 0.1) is 0 Å². The zero-order valence-corrected chi connectivity index (χ0v) is 17.2. The molecule has 0 spiro atoms. The number of para-hydroxylation sites is 2. The third-order valence-corrected chi connectivity index (χ3v) is 5.95. The molecule has 7 nitrogen and oxygen atoms in total. The van der Waals surface area contributed by atoms with Crippen molar-refractivity contribution in [3.05, 3.63) is 84.2 Å². The van der Waals surface area contributed by atoms with E-state index in [9.17, 15) is 13.2 Å². The normalized spacial score (nSPS) is 15.8. The van der Waals surface area contributed by atoms with Crippen molar-refractivity contribution in [1.29, 1.82) is 0 Å². The Hall–Kier alpha value is -3.39. The SMILES string of the molecule is CS(=O)(=O)N1C[C@H](C(=O)Nc2ccc(Cc3ccncc3)cc2)Oc2ccccc21. The molecule has 1 aromatic heterocycles. The van der Waals surface area contributed by atoms with Crippen LogP contribution in [-0.4, -0.2) is 38.2 Å². The molecule has 0 radical (unpaired) electrons. The zero-order valence-electron chi connectivity index (χ0n) is 16.4. The molecule has 1 aliphatic heterocycles. The van der Waals surface area contributed by atoms with E-state index in [0.29, 0.717) is 17.1 Å². The lowest BCUT2D eigenvalue weighted by Gasteiger charge is -2.33. The van der Waals surface area contributed by atoms with Crippen molar-refractivity contribution in [3.8, 4) is 5.75 Å². The summed E-state index contributed by atoms with van der Waals surface area (Å²) in [6.07, 6.45) is 4.44. The molecule has 0 fully saturated rings. The molecule has 1 atom stereocenters. The Morgan fingerprint density at radius 3 is 2.43 bits per heavy atom. The fraction of sp³-hybridized carbons (Fsp3) is 0.182. The molecular weight excluding hydrogens is 402 g/mol. The molecule has 4 rings (SSSR count). The number of hydrogen-bond donors (Lipinski definition) is 1. The standard InChI is InChI=1S/C22H21N3O4S/c1-30(27,28)25-15-21(29-20-5-3-2-4-19(20)25)22(26)24-18-8-6-16(7-9-18)14-17-10-12-23-13-11-17/h2-13,21H,14-15H2,1H3,(H,24,26)/t21-/m1/s1. The number of carbonyl (C=O) groups excluding carboxylic acids is 1. The number of aromatic nitrogens is 1. The predicted molar refractivity (Wildman–Crippen MR) is 115 cm³/mol. The highest BCUT2D eigenvalue weighted by molar-refractivity contribution is 7.92. The lowest BCUT2D eigenvalue weighted by molar-refractivity contribution is -0.122. The lowest BCUT2D eigenvalue weighted by atomic mass is 10.1. The molecule has 1 aliphatic rings. The van der Waals surface area contributed by atoms with Gasteiger partial charge in [-0.3, -0.25) is 14.1 Å². The number of benzene rings is 2. The van der Waals surface area contributed by atoms with Gasteiger partial charge in [0.2, 0.25) is 10.0 Å². The van der Waals surface area contributed by atoms with Crippen LogP contribution in [-0.2, 0) is 21.2 Å². The van der Waals surface area contributed by atoms with Gasteiger partial charge in [0, 0.05) is 18.1 Å². The van der Waals surface area contributed by atoms with Crippen molar-refractivity contribution in [1.82, 2.24) is 4.98 Å². The highest BCUT2D eigenvalue weighted by atomic mass is 32.2. The van der Waals surface area contributed by atoms with Gasteiger partial charge < -0.3 is 10.1 Å². The van der Waals surface area contributed by atoms with Crippen molar-refractivity contribution >= 4 is 27.3 Å². The van der Waals surface area contributed by atoms with E-state index in [2.05, 4.69) is 10.3 Å². The van der Waals surface area contributed by atoms with Crippen molar-refractivity contribution in [2.24, 2.45) is 0 Å². The summed E-state index contributed by atoms with van der Waals surface area (Å²) >= 11 is 0. The molecule has 8 heteroatoms. The van der Waals surface area contributed by atoms with Crippen molar-refractivity contribution in [2.45, 2.75) is 12.5 Å². The number of anilines is 2. The molecule has 30 heavy (non-hydrogen) atoms. The molecule has 1 amide bonds. The van der Waals surface area contributed by atoms with Crippen molar-refractivity contribution in [2.75, 3.05) is 22.4 Å². The second-order valence-electron chi connectivity index (χ2n) is 7.09. The number of fused-ring (bicyclic) bond motifs is 1. The maximum atomic E-state index is 12.8. The molecule has 0 aliphatic carbocycles. The number of sulfonamides is 1. The minimum Gasteiger partial charge on any atom is -0.476 e. The van der Waals surface area contributed by atoms with E-state index in [0.717, 1.165) is 23.8 Å². The molecule has 2 aromatic carbocycles. The monoisotopic (exact) mass is 423 g/mol. The first-order valence-corrected chi connectivity index (χ1v) is 11.3. The Bertz CT molecular complexity index is 1150. The van der Waals surface area contributed by atoms with Crippen LogP contribution in [0.15, 0.2) is 73.1 Å². The van der Waals surface area contributed by atoms with Gasteiger partial charge in [0.25, 0.3) is 5.91 Å². The predicted octanol–water partition coefficient (Wildman–Crippen LogP) is 2.84. The Labute approximate surface area is 175 Å². The number of amides is 1. The molecule has 154 valence electrons. The Morgan fingerprint density at radius 2 is 1.73 bits per heavy atom. The average molecular weight is 423 g/mol. The summed E-state index contributed by atoms with van der Waals surface area (Å²) < 4.78 is 31.4. The first kappa shape index (κ1) is 19.9. The second-order valence-corrected chi connectivity index (χ2v) is 8.99. The van der Waals surface area contributed by atoms with Gasteiger partial charge in [0.1, 0.15) is 5.75 Å². The smallest absolute Gasteiger partial charge is 0.267 e. The molecule has 3 aromatic rings. The van der Waals surface area contributed by atoms with Gasteiger partial charge in [0.15, 0.2) is 6.10 Å². The quantitative estimate of drug-likeness (QED) is 0.682. The van der Waals surface area contributed by atoms with E-state index < -0.39 is 22.0 Å². The van der Waals surface area contributed by atoms with Crippen LogP contribution in [0.4, 0.5) is 11.4 Å². The van der Waals surface area contributed by atoms with Crippen molar-refractivity contribution < 1.29 is 17.9 Å². The Kier molecular flexibility index (Phi) is 5.41. The number of nitrogens with zero attached hydrogens (tertiary/aromatic N) is 2. The number of nitrogens with one attached hydrogen (secondary N) is 1. The summed E-state index contributed by atoms with van der Waals surface area (Å²) in [5.74, 6) is -0.0398. The number of rotatable bonds is 5. The Balaban J connectivity index is 1.46. The molecule has 0 bridgehead atoms. The minimum atomic E-state index is -3.55. The van der Waals surface area contributed by atoms with Crippen LogP contribution in [0.25, 0.3) is 0 Å². The largest absolute Gasteiger partial charge is 0.476 e. The lowest BCUT2D eigenvalue weighted by Crippen LogP contribution is -2.48. The van der Waals surface area contributed by atoms with E-state index >= 15 is 0 Å². The van der Waals surface area contributed by atoms with E-state index in [1.54, 1.807) is 36.7 Å². The molecule has 0 saturated heterocycles. The van der Waals surface area contributed by atoms with Crippen LogP contribution < -0.4 is 14.4 Å². The van der Waals surface area contributed by atoms with Crippen molar-refractivity contribution in [3.63, 3.8) is 0 Å². The van der Waals surface area contributed by atoms with Gasteiger partial charge in [-0.25, -0.2) is 8.42 Å². The maximum Gasteiger partial charge on any atom is 0.267 e. The summed E-state index contributed by atoms with van der Waals surface area (Å²) in [4.78, 5) is 16.8. The molecular formula is C22H21N3O4S. The van der Waals surface area contributed by atoms with Crippen LogP contribution in [0.3, 0.4) is 0 Å². The molecule has 1 N–H and O–H groups in total. The number of ether oxygens (including phenoxy) is 1. The van der Waals surface area contributed by atoms with E-state index in [-0.39, 0.29) is 6.54 Å². The maximum absolute atomic E-state index is 12.8. The van der Waals surface area contributed by atoms with Crippen LogP contribution in [0.5, 0.6) is 5.75 Å². The van der Waals surface area contributed by atoms with E-state index in [1.807, 2.05) is 36.4 Å². The molecule has 0 saturated carbocycles. The highest BCUT2D eigenvalue weighted by Gasteiger charge is 2.34. The summed E-state index contributed by atoms with van der Waals surface area (Å²) in [7, 11) is -3.55. The summed E-state index contributed by atoms with van der Waals surface area (Å²) in [6.45, 7) is -0.0815. The van der Waals surface area contributed by atoms with Crippen LogP contribution >= 0.6 is 0 Å². The fourth-order valence-electron chi connectivity index (χ4n) is 3.32. The Morgan fingerprint density at radius 1 is 1.07 bits per heavy atom. The van der Waals surface area contributed by atoms with E-state index in [1.165, 1.54) is 4.31 Å². The van der Waals surface area contributed by atoms with Crippen LogP contribution in [0.2, 0.25) is 0 Å². The molecule has 0 unspecified atom stereocenters. The van der Waals surface area contributed by atoms with Gasteiger partial charge >= 0.3 is 0 Å².